The highest BCUT2D eigenvalue weighted by molar-refractivity contribution is 5.95. The van der Waals surface area contributed by atoms with Crippen LogP contribution in [0.15, 0.2) is 24.5 Å². The molecule has 3 aromatic heterocycles. The average Bonchev–Trinajstić information content (AvgIpc) is 3.15. The Morgan fingerprint density at radius 2 is 1.90 bits per heavy atom. The summed E-state index contributed by atoms with van der Waals surface area (Å²) < 4.78 is 28.3. The van der Waals surface area contributed by atoms with E-state index in [-0.39, 0.29) is 35.4 Å². The van der Waals surface area contributed by atoms with Crippen LogP contribution in [0.5, 0.6) is 0 Å². The van der Waals surface area contributed by atoms with Gasteiger partial charge in [0.05, 0.1) is 5.69 Å². The molecule has 2 fully saturated rings. The highest BCUT2D eigenvalue weighted by Gasteiger charge is 2.50. The van der Waals surface area contributed by atoms with Crippen LogP contribution >= 0.6 is 0 Å². The summed E-state index contributed by atoms with van der Waals surface area (Å²) in [5, 5.41) is 4.18. The highest BCUT2D eigenvalue weighted by Crippen LogP contribution is 2.47. The number of amides is 1. The molecule has 0 aliphatic carbocycles. The molecule has 1 amide bonds. The second-order valence-electron chi connectivity index (χ2n) is 7.87. The molecule has 5 heterocycles. The van der Waals surface area contributed by atoms with Gasteiger partial charge in [0.2, 0.25) is 0 Å². The van der Waals surface area contributed by atoms with Gasteiger partial charge in [0, 0.05) is 35.0 Å². The van der Waals surface area contributed by atoms with Crippen LogP contribution in [0.3, 0.4) is 0 Å². The molecule has 9 heteroatoms. The molecular formula is C20H20F2N6O. The van der Waals surface area contributed by atoms with Gasteiger partial charge in [-0.15, -0.1) is 0 Å². The van der Waals surface area contributed by atoms with Crippen molar-refractivity contribution in [3.63, 3.8) is 0 Å². The summed E-state index contributed by atoms with van der Waals surface area (Å²) in [6.07, 6.45) is 1.14. The number of hydrogen-bond acceptors (Lipinski definition) is 5. The highest BCUT2D eigenvalue weighted by atomic mass is 19.3. The smallest absolute Gasteiger partial charge is 0.280 e. The standard InChI is InChI=1S/C20H20F2N6O/c1-10-5-12(6-11(2)25-10)19(29)27-13-3-4-14(16(27)7-13)17-8-15(18(21)22)26-20-23-9-24-28(17)20/h5-6,8-9,13-14,16,18H,3-4,7H2,1-2H3/t13-,14-,16-/m0/s1. The van der Waals surface area contributed by atoms with Crippen LogP contribution in [-0.2, 0) is 0 Å². The van der Waals surface area contributed by atoms with Crippen molar-refractivity contribution in [2.24, 2.45) is 0 Å². The Morgan fingerprint density at radius 3 is 2.59 bits per heavy atom. The number of pyridine rings is 1. The number of aryl methyl sites for hydroxylation is 2. The molecule has 5 rings (SSSR count). The SMILES string of the molecule is Cc1cc(C(=O)N2[C@H]3CC[C@H](c4cc(C(F)F)nc5ncnn45)[C@@H]2C3)cc(C)n1. The predicted molar refractivity (Wildman–Crippen MR) is 99.8 cm³/mol. The van der Waals surface area contributed by atoms with E-state index in [0.29, 0.717) is 11.3 Å². The monoisotopic (exact) mass is 398 g/mol. The predicted octanol–water partition coefficient (Wildman–Crippen LogP) is 3.23. The quantitative estimate of drug-likeness (QED) is 0.677. The molecule has 0 unspecified atom stereocenters. The summed E-state index contributed by atoms with van der Waals surface area (Å²) in [7, 11) is 0. The number of halogens is 2. The summed E-state index contributed by atoms with van der Waals surface area (Å²) in [5.41, 5.74) is 2.57. The van der Waals surface area contributed by atoms with E-state index >= 15 is 0 Å². The second kappa shape index (κ2) is 6.53. The van der Waals surface area contributed by atoms with Crippen molar-refractivity contribution in [3.8, 4) is 0 Å². The lowest BCUT2D eigenvalue weighted by molar-refractivity contribution is -0.0243. The maximum absolute atomic E-state index is 13.4. The van der Waals surface area contributed by atoms with Crippen molar-refractivity contribution in [1.29, 1.82) is 0 Å². The van der Waals surface area contributed by atoms with Crippen LogP contribution in [0, 0.1) is 13.8 Å². The fourth-order valence-electron chi connectivity index (χ4n) is 4.82. The summed E-state index contributed by atoms with van der Waals surface area (Å²) in [5.74, 6) is 0.0534. The summed E-state index contributed by atoms with van der Waals surface area (Å²) in [6.45, 7) is 3.74. The van der Waals surface area contributed by atoms with Gasteiger partial charge in [-0.25, -0.2) is 18.3 Å². The number of carbonyl (C=O) groups is 1. The Balaban J connectivity index is 1.52. The fourth-order valence-corrected chi connectivity index (χ4v) is 4.82. The Labute approximate surface area is 165 Å². The first-order valence-corrected chi connectivity index (χ1v) is 9.69. The van der Waals surface area contributed by atoms with Crippen LogP contribution in [0.25, 0.3) is 5.78 Å². The van der Waals surface area contributed by atoms with Crippen molar-refractivity contribution in [2.75, 3.05) is 0 Å². The van der Waals surface area contributed by atoms with E-state index in [4.69, 9.17) is 0 Å². The van der Waals surface area contributed by atoms with Gasteiger partial charge in [0.25, 0.3) is 18.1 Å². The van der Waals surface area contributed by atoms with E-state index in [0.717, 1.165) is 30.7 Å². The third-order valence-corrected chi connectivity index (χ3v) is 6.01. The topological polar surface area (TPSA) is 76.3 Å². The van der Waals surface area contributed by atoms with Gasteiger partial charge in [-0.2, -0.15) is 10.1 Å². The Bertz CT molecular complexity index is 1090. The fraction of sp³-hybridized carbons (Fsp3) is 0.450. The number of alkyl halides is 2. The van der Waals surface area contributed by atoms with E-state index in [2.05, 4.69) is 20.1 Å². The van der Waals surface area contributed by atoms with E-state index in [1.165, 1.54) is 16.9 Å². The molecule has 2 aliphatic rings. The number of carbonyl (C=O) groups excluding carboxylic acids is 1. The molecule has 29 heavy (non-hydrogen) atoms. The maximum Gasteiger partial charge on any atom is 0.280 e. The van der Waals surface area contributed by atoms with Crippen molar-refractivity contribution in [1.82, 2.24) is 29.5 Å². The number of nitrogens with zero attached hydrogens (tertiary/aromatic N) is 6. The largest absolute Gasteiger partial charge is 0.332 e. The maximum atomic E-state index is 13.4. The Hall–Kier alpha value is -2.97. The molecule has 0 N–H and O–H groups in total. The van der Waals surface area contributed by atoms with Crippen LogP contribution in [0.4, 0.5) is 8.78 Å². The third-order valence-electron chi connectivity index (χ3n) is 6.01. The average molecular weight is 398 g/mol. The first-order chi connectivity index (χ1) is 13.9. The molecular weight excluding hydrogens is 378 g/mol. The molecule has 0 radical (unpaired) electrons. The lowest BCUT2D eigenvalue weighted by Gasteiger charge is -2.56. The minimum atomic E-state index is -2.69. The molecule has 7 nitrogen and oxygen atoms in total. The third kappa shape index (κ3) is 2.87. The minimum Gasteiger partial charge on any atom is -0.332 e. The van der Waals surface area contributed by atoms with Gasteiger partial charge >= 0.3 is 0 Å². The van der Waals surface area contributed by atoms with Gasteiger partial charge in [-0.05, 0) is 51.3 Å². The van der Waals surface area contributed by atoms with Gasteiger partial charge in [-0.1, -0.05) is 0 Å². The molecule has 0 aromatic carbocycles. The molecule has 0 saturated carbocycles. The van der Waals surface area contributed by atoms with Crippen molar-refractivity contribution >= 4 is 11.7 Å². The molecule has 2 bridgehead atoms. The van der Waals surface area contributed by atoms with Gasteiger partial charge < -0.3 is 4.90 Å². The van der Waals surface area contributed by atoms with E-state index in [1.807, 2.05) is 18.7 Å². The van der Waals surface area contributed by atoms with Crippen LogP contribution in [0.1, 0.15) is 64.7 Å². The molecule has 3 aromatic rings. The molecule has 0 spiro atoms. The molecule has 3 atom stereocenters. The number of piperidine rings is 1. The molecule has 150 valence electrons. The Kier molecular flexibility index (Phi) is 4.07. The van der Waals surface area contributed by atoms with Crippen LogP contribution in [0.2, 0.25) is 0 Å². The van der Waals surface area contributed by atoms with E-state index < -0.39 is 6.43 Å². The summed E-state index contributed by atoms with van der Waals surface area (Å²) in [6, 6.07) is 5.17. The molecule has 2 aliphatic heterocycles. The van der Waals surface area contributed by atoms with Gasteiger partial charge in [0.15, 0.2) is 0 Å². The summed E-state index contributed by atoms with van der Waals surface area (Å²) >= 11 is 0. The zero-order valence-corrected chi connectivity index (χ0v) is 16.1. The normalized spacial score (nSPS) is 23.5. The Morgan fingerprint density at radius 1 is 1.14 bits per heavy atom. The van der Waals surface area contributed by atoms with Crippen LogP contribution in [-0.4, -0.2) is 47.5 Å². The zero-order chi connectivity index (χ0) is 20.3. The molecule has 2 saturated heterocycles. The van der Waals surface area contributed by atoms with Crippen molar-refractivity contribution < 1.29 is 13.6 Å². The van der Waals surface area contributed by atoms with Crippen molar-refractivity contribution in [3.05, 3.63) is 52.9 Å². The number of fused-ring (bicyclic) bond motifs is 3. The first kappa shape index (κ1) is 18.1. The van der Waals surface area contributed by atoms with Crippen LogP contribution < -0.4 is 0 Å². The van der Waals surface area contributed by atoms with Gasteiger partial charge in [0.1, 0.15) is 12.0 Å². The van der Waals surface area contributed by atoms with E-state index in [9.17, 15) is 13.6 Å². The van der Waals surface area contributed by atoms with E-state index in [1.54, 1.807) is 12.1 Å². The lowest BCUT2D eigenvalue weighted by atomic mass is 9.70. The number of aromatic nitrogens is 5. The lowest BCUT2D eigenvalue weighted by Crippen LogP contribution is -2.63. The second-order valence-corrected chi connectivity index (χ2v) is 7.87. The summed E-state index contributed by atoms with van der Waals surface area (Å²) in [4.78, 5) is 27.4. The van der Waals surface area contributed by atoms with Gasteiger partial charge in [-0.3, -0.25) is 9.78 Å². The first-order valence-electron chi connectivity index (χ1n) is 9.69. The zero-order valence-electron chi connectivity index (χ0n) is 16.1. The van der Waals surface area contributed by atoms with Crippen molar-refractivity contribution in [2.45, 2.75) is 57.5 Å². The number of rotatable bonds is 3. The number of hydrogen-bond donors (Lipinski definition) is 0. The minimum absolute atomic E-state index is 0.0254.